The first-order valence-corrected chi connectivity index (χ1v) is 13.7. The Balaban J connectivity index is 1.44. The van der Waals surface area contributed by atoms with E-state index in [-0.39, 0.29) is 5.60 Å². The highest BCUT2D eigenvalue weighted by atomic mass is 32.2. The molecular formula is C26H28N6OS2. The second-order valence-corrected chi connectivity index (χ2v) is 11.9. The van der Waals surface area contributed by atoms with Gasteiger partial charge in [0.05, 0.1) is 23.3 Å². The summed E-state index contributed by atoms with van der Waals surface area (Å²) in [5, 5.41) is 16.1. The molecule has 0 unspecified atom stereocenters. The first kappa shape index (κ1) is 22.7. The Labute approximate surface area is 212 Å². The van der Waals surface area contributed by atoms with E-state index in [2.05, 4.69) is 66.7 Å². The quantitative estimate of drug-likeness (QED) is 0.218. The fourth-order valence-electron chi connectivity index (χ4n) is 4.75. The average Bonchev–Trinajstić information content (AvgIpc) is 3.50. The van der Waals surface area contributed by atoms with Crippen molar-refractivity contribution in [3.63, 3.8) is 0 Å². The zero-order valence-corrected chi connectivity index (χ0v) is 22.0. The number of aromatic nitrogens is 6. The smallest absolute Gasteiger partial charge is 0.240 e. The van der Waals surface area contributed by atoms with Gasteiger partial charge in [-0.3, -0.25) is 0 Å². The van der Waals surface area contributed by atoms with Crippen molar-refractivity contribution in [1.29, 1.82) is 0 Å². The molecule has 0 saturated carbocycles. The second kappa shape index (κ2) is 8.72. The number of hydrogen-bond acceptors (Lipinski definition) is 7. The number of benzene rings is 1. The van der Waals surface area contributed by atoms with E-state index in [1.807, 2.05) is 11.6 Å². The lowest BCUT2D eigenvalue weighted by atomic mass is 9.94. The van der Waals surface area contributed by atoms with E-state index in [1.54, 1.807) is 23.1 Å². The number of ether oxygens (including phenoxy) is 1. The van der Waals surface area contributed by atoms with Crippen molar-refractivity contribution in [2.24, 2.45) is 0 Å². The number of rotatable bonds is 6. The molecule has 9 heteroatoms. The third-order valence-electron chi connectivity index (χ3n) is 6.41. The van der Waals surface area contributed by atoms with Crippen molar-refractivity contribution in [2.45, 2.75) is 64.3 Å². The highest BCUT2D eigenvalue weighted by Gasteiger charge is 2.32. The van der Waals surface area contributed by atoms with E-state index in [4.69, 9.17) is 19.9 Å². The Hall–Kier alpha value is -2.75. The van der Waals surface area contributed by atoms with Gasteiger partial charge in [0.2, 0.25) is 5.95 Å². The third-order valence-corrected chi connectivity index (χ3v) is 8.52. The van der Waals surface area contributed by atoms with Crippen molar-refractivity contribution in [1.82, 2.24) is 29.4 Å². The number of hydrogen-bond donors (Lipinski definition) is 0. The van der Waals surface area contributed by atoms with E-state index in [1.165, 1.54) is 16.0 Å². The number of thiophene rings is 1. The zero-order chi connectivity index (χ0) is 24.2. The highest BCUT2D eigenvalue weighted by molar-refractivity contribution is 7.99. The average molecular weight is 505 g/mol. The van der Waals surface area contributed by atoms with Gasteiger partial charge in [0.1, 0.15) is 4.83 Å². The van der Waals surface area contributed by atoms with Crippen molar-refractivity contribution in [2.75, 3.05) is 5.75 Å². The van der Waals surface area contributed by atoms with Gasteiger partial charge >= 0.3 is 0 Å². The molecule has 0 fully saturated rings. The number of thioether (sulfide) groups is 1. The Kier molecular flexibility index (Phi) is 5.66. The molecule has 180 valence electrons. The fourth-order valence-corrected chi connectivity index (χ4v) is 6.71. The molecule has 7 nitrogen and oxygen atoms in total. The summed E-state index contributed by atoms with van der Waals surface area (Å²) in [7, 11) is 0. The zero-order valence-electron chi connectivity index (χ0n) is 20.4. The van der Waals surface area contributed by atoms with E-state index >= 15 is 0 Å². The predicted octanol–water partition coefficient (Wildman–Crippen LogP) is 5.72. The maximum absolute atomic E-state index is 6.10. The molecule has 0 saturated heterocycles. The summed E-state index contributed by atoms with van der Waals surface area (Å²) in [4.78, 5) is 7.35. The van der Waals surface area contributed by atoms with E-state index in [0.29, 0.717) is 6.61 Å². The monoisotopic (exact) mass is 504 g/mol. The van der Waals surface area contributed by atoms with Gasteiger partial charge in [-0.2, -0.15) is 5.10 Å². The Morgan fingerprint density at radius 1 is 1.14 bits per heavy atom. The molecule has 0 spiro atoms. The van der Waals surface area contributed by atoms with Crippen LogP contribution in [-0.4, -0.2) is 40.7 Å². The van der Waals surface area contributed by atoms with Crippen LogP contribution in [0.4, 0.5) is 0 Å². The van der Waals surface area contributed by atoms with E-state index < -0.39 is 0 Å². The van der Waals surface area contributed by atoms with Crippen molar-refractivity contribution in [3.05, 3.63) is 63.8 Å². The highest BCUT2D eigenvalue weighted by Crippen LogP contribution is 2.41. The van der Waals surface area contributed by atoms with Crippen LogP contribution in [0.2, 0.25) is 0 Å². The summed E-state index contributed by atoms with van der Waals surface area (Å²) in [5.74, 6) is 1.69. The molecule has 0 radical (unpaired) electrons. The van der Waals surface area contributed by atoms with Gasteiger partial charge in [-0.25, -0.2) is 14.1 Å². The van der Waals surface area contributed by atoms with Gasteiger partial charge in [-0.15, -0.1) is 21.5 Å². The lowest BCUT2D eigenvalue weighted by Crippen LogP contribution is -2.31. The molecule has 6 rings (SSSR count). The van der Waals surface area contributed by atoms with Crippen molar-refractivity contribution >= 4 is 39.0 Å². The van der Waals surface area contributed by atoms with Crippen molar-refractivity contribution in [3.8, 4) is 5.95 Å². The van der Waals surface area contributed by atoms with Crippen LogP contribution < -0.4 is 0 Å². The molecule has 5 heterocycles. The lowest BCUT2D eigenvalue weighted by Gasteiger charge is -2.30. The fraction of sp³-hybridized carbons (Fsp3) is 0.385. The van der Waals surface area contributed by atoms with Gasteiger partial charge in [0.15, 0.2) is 10.8 Å². The largest absolute Gasteiger partial charge is 0.370 e. The summed E-state index contributed by atoms with van der Waals surface area (Å²) in [6.45, 7) is 8.97. The minimum absolute atomic E-state index is 0.207. The minimum Gasteiger partial charge on any atom is -0.370 e. The molecule has 1 aliphatic rings. The van der Waals surface area contributed by atoms with Gasteiger partial charge in [-0.05, 0) is 57.7 Å². The van der Waals surface area contributed by atoms with Gasteiger partial charge in [0, 0.05) is 22.7 Å². The number of aryl methyl sites for hydroxylation is 3. The van der Waals surface area contributed by atoms with Crippen LogP contribution in [0.3, 0.4) is 0 Å². The summed E-state index contributed by atoms with van der Waals surface area (Å²) in [6, 6.07) is 12.7. The molecule has 0 bridgehead atoms. The molecule has 1 aromatic carbocycles. The topological polar surface area (TPSA) is 70.1 Å². The number of fused-ring (bicyclic) bond motifs is 5. The van der Waals surface area contributed by atoms with Crippen LogP contribution in [0.1, 0.15) is 47.7 Å². The Morgan fingerprint density at radius 2 is 1.97 bits per heavy atom. The first-order valence-electron chi connectivity index (χ1n) is 11.9. The molecule has 0 atom stereocenters. The third kappa shape index (κ3) is 4.15. The maximum Gasteiger partial charge on any atom is 0.240 e. The summed E-state index contributed by atoms with van der Waals surface area (Å²) < 4.78 is 10.1. The first-order chi connectivity index (χ1) is 16.9. The van der Waals surface area contributed by atoms with Crippen LogP contribution in [0.15, 0.2) is 41.6 Å². The molecule has 1 aliphatic heterocycles. The SMILES string of the molecule is Cc1cc(C)n(-c2nc3sc4c(c3c3nnc(SCCCc5ccccc5)n23)CC(C)(C)OC4)n1. The lowest BCUT2D eigenvalue weighted by molar-refractivity contribution is -0.0379. The van der Waals surface area contributed by atoms with Gasteiger partial charge in [0.25, 0.3) is 0 Å². The normalized spacial score (nSPS) is 15.2. The maximum atomic E-state index is 6.10. The van der Waals surface area contributed by atoms with E-state index in [0.717, 1.165) is 63.4 Å². The molecule has 0 amide bonds. The predicted molar refractivity (Wildman–Crippen MR) is 141 cm³/mol. The molecule has 4 aromatic heterocycles. The molecule has 0 N–H and O–H groups in total. The molecule has 0 aliphatic carbocycles. The summed E-state index contributed by atoms with van der Waals surface area (Å²) >= 11 is 3.43. The Bertz CT molecular complexity index is 1530. The summed E-state index contributed by atoms with van der Waals surface area (Å²) in [5.41, 5.74) is 5.31. The van der Waals surface area contributed by atoms with Crippen molar-refractivity contribution < 1.29 is 4.74 Å². The molecular weight excluding hydrogens is 476 g/mol. The standard InChI is InChI=1S/C26H28N6OS2/c1-16-13-17(2)32(30-16)24-27-23-21(19-14-26(3,4)33-15-20(19)35-23)22-28-29-25(31(22)24)34-12-8-11-18-9-6-5-7-10-18/h5-7,9-10,13H,8,11-12,14-15H2,1-4H3. The van der Waals surface area contributed by atoms with Crippen LogP contribution in [0.25, 0.3) is 21.8 Å². The van der Waals surface area contributed by atoms with Crippen LogP contribution in [0.5, 0.6) is 0 Å². The minimum atomic E-state index is -0.207. The Morgan fingerprint density at radius 3 is 2.74 bits per heavy atom. The van der Waals surface area contributed by atoms with Gasteiger partial charge < -0.3 is 4.74 Å². The molecule has 35 heavy (non-hydrogen) atoms. The molecule has 5 aromatic rings. The van der Waals surface area contributed by atoms with Gasteiger partial charge in [-0.1, -0.05) is 42.1 Å². The van der Waals surface area contributed by atoms with E-state index in [9.17, 15) is 0 Å². The van der Waals surface area contributed by atoms with Crippen LogP contribution in [-0.2, 0) is 24.2 Å². The summed E-state index contributed by atoms with van der Waals surface area (Å²) in [6.07, 6.45) is 2.95. The van der Waals surface area contributed by atoms with Crippen LogP contribution in [0, 0.1) is 13.8 Å². The van der Waals surface area contributed by atoms with Crippen LogP contribution >= 0.6 is 23.1 Å². The number of nitrogens with zero attached hydrogens (tertiary/aromatic N) is 6. The second-order valence-electron chi connectivity index (χ2n) is 9.74.